The van der Waals surface area contributed by atoms with Crippen molar-refractivity contribution in [3.8, 4) is 10.8 Å². The minimum Gasteiger partial charge on any atom is -0.420 e. The molecule has 2 aromatic rings. The molecule has 1 N–H and O–H groups in total. The van der Waals surface area contributed by atoms with Gasteiger partial charge in [-0.1, -0.05) is 13.8 Å². The highest BCUT2D eigenvalue weighted by molar-refractivity contribution is 7.15. The van der Waals surface area contributed by atoms with Crippen LogP contribution in [0.5, 0.6) is 0 Å². The Morgan fingerprint density at radius 2 is 2.17 bits per heavy atom. The van der Waals surface area contributed by atoms with Crippen LogP contribution in [0.15, 0.2) is 16.5 Å². The van der Waals surface area contributed by atoms with E-state index < -0.39 is 0 Å². The van der Waals surface area contributed by atoms with Crippen LogP contribution in [0.4, 0.5) is 0 Å². The fourth-order valence-corrected chi connectivity index (χ4v) is 2.42. The van der Waals surface area contributed by atoms with E-state index in [1.807, 2.05) is 6.07 Å². The van der Waals surface area contributed by atoms with Crippen molar-refractivity contribution in [1.82, 2.24) is 15.5 Å². The van der Waals surface area contributed by atoms with E-state index in [9.17, 15) is 0 Å². The molecule has 0 saturated heterocycles. The second-order valence-electron chi connectivity index (χ2n) is 4.62. The third-order valence-electron chi connectivity index (χ3n) is 2.54. The monoisotopic (exact) mass is 265 g/mol. The summed E-state index contributed by atoms with van der Waals surface area (Å²) >= 11 is 1.68. The topological polar surface area (TPSA) is 51.0 Å². The highest BCUT2D eigenvalue weighted by Crippen LogP contribution is 2.26. The first-order valence-corrected chi connectivity index (χ1v) is 7.09. The van der Waals surface area contributed by atoms with Gasteiger partial charge in [0.1, 0.15) is 0 Å². The normalized spacial score (nSPS) is 11.3. The maximum atomic E-state index is 5.65. The molecule has 0 bridgehead atoms. The average molecular weight is 265 g/mol. The lowest BCUT2D eigenvalue weighted by atomic mass is 10.3. The van der Waals surface area contributed by atoms with E-state index >= 15 is 0 Å². The molecule has 5 heteroatoms. The molecule has 0 aliphatic carbocycles. The van der Waals surface area contributed by atoms with E-state index in [2.05, 4.69) is 42.4 Å². The van der Waals surface area contributed by atoms with Crippen molar-refractivity contribution in [2.45, 2.75) is 39.7 Å². The molecule has 0 atom stereocenters. The van der Waals surface area contributed by atoms with Crippen LogP contribution in [0.2, 0.25) is 0 Å². The first-order valence-electron chi connectivity index (χ1n) is 6.27. The van der Waals surface area contributed by atoms with Gasteiger partial charge in [-0.15, -0.1) is 21.5 Å². The number of thiophene rings is 1. The van der Waals surface area contributed by atoms with E-state index in [0.29, 0.717) is 11.9 Å². The predicted octanol–water partition coefficient (Wildman–Crippen LogP) is 3.04. The van der Waals surface area contributed by atoms with Crippen LogP contribution in [0.3, 0.4) is 0 Å². The van der Waals surface area contributed by atoms with Crippen LogP contribution in [-0.4, -0.2) is 22.8 Å². The Morgan fingerprint density at radius 3 is 2.83 bits per heavy atom. The maximum Gasteiger partial charge on any atom is 0.257 e. The molecule has 0 aromatic carbocycles. The minimum atomic E-state index is 0.525. The van der Waals surface area contributed by atoms with Crippen molar-refractivity contribution in [2.75, 3.05) is 6.54 Å². The number of hydrogen-bond acceptors (Lipinski definition) is 5. The van der Waals surface area contributed by atoms with Crippen LogP contribution in [0.1, 0.15) is 31.0 Å². The number of aromatic nitrogens is 2. The molecule has 0 aliphatic rings. The molecular weight excluding hydrogens is 246 g/mol. The summed E-state index contributed by atoms with van der Waals surface area (Å²) in [5, 5.41) is 11.5. The standard InChI is InChI=1S/C13H19N3OS/c1-9(2)14-8-4-5-12-15-16-13(17-12)11-7-6-10(3)18-11/h6-7,9,14H,4-5,8H2,1-3H3. The third kappa shape index (κ3) is 3.65. The van der Waals surface area contributed by atoms with Crippen molar-refractivity contribution in [1.29, 1.82) is 0 Å². The molecule has 18 heavy (non-hydrogen) atoms. The zero-order chi connectivity index (χ0) is 13.0. The van der Waals surface area contributed by atoms with Gasteiger partial charge in [0, 0.05) is 17.3 Å². The second-order valence-corrected chi connectivity index (χ2v) is 5.91. The summed E-state index contributed by atoms with van der Waals surface area (Å²) in [5.74, 6) is 1.36. The lowest BCUT2D eigenvalue weighted by molar-refractivity contribution is 0.484. The first kappa shape index (κ1) is 13.2. The summed E-state index contributed by atoms with van der Waals surface area (Å²) in [4.78, 5) is 2.30. The molecule has 0 aliphatic heterocycles. The highest BCUT2D eigenvalue weighted by Gasteiger charge is 2.09. The first-order chi connectivity index (χ1) is 8.65. The molecule has 2 heterocycles. The number of nitrogens with one attached hydrogen (secondary N) is 1. The van der Waals surface area contributed by atoms with Gasteiger partial charge in [-0.3, -0.25) is 0 Å². The quantitative estimate of drug-likeness (QED) is 0.816. The molecular formula is C13H19N3OS. The van der Waals surface area contributed by atoms with Crippen molar-refractivity contribution in [3.63, 3.8) is 0 Å². The van der Waals surface area contributed by atoms with Crippen LogP contribution in [0.25, 0.3) is 10.8 Å². The number of rotatable bonds is 6. The van der Waals surface area contributed by atoms with Gasteiger partial charge in [0.2, 0.25) is 5.89 Å². The summed E-state index contributed by atoms with van der Waals surface area (Å²) in [5.41, 5.74) is 0. The number of nitrogens with zero attached hydrogens (tertiary/aromatic N) is 2. The molecule has 0 amide bonds. The largest absolute Gasteiger partial charge is 0.420 e. The predicted molar refractivity (Wildman–Crippen MR) is 73.8 cm³/mol. The van der Waals surface area contributed by atoms with Gasteiger partial charge >= 0.3 is 0 Å². The Hall–Kier alpha value is -1.20. The lowest BCUT2D eigenvalue weighted by Crippen LogP contribution is -2.23. The Balaban J connectivity index is 1.86. The van der Waals surface area contributed by atoms with Gasteiger partial charge in [0.15, 0.2) is 0 Å². The van der Waals surface area contributed by atoms with Crippen LogP contribution in [-0.2, 0) is 6.42 Å². The summed E-state index contributed by atoms with van der Waals surface area (Å²) in [7, 11) is 0. The maximum absolute atomic E-state index is 5.65. The molecule has 0 radical (unpaired) electrons. The molecule has 0 saturated carbocycles. The van der Waals surface area contributed by atoms with E-state index in [1.54, 1.807) is 11.3 Å². The molecule has 0 spiro atoms. The highest BCUT2D eigenvalue weighted by atomic mass is 32.1. The molecule has 0 unspecified atom stereocenters. The number of hydrogen-bond donors (Lipinski definition) is 1. The minimum absolute atomic E-state index is 0.525. The SMILES string of the molecule is Cc1ccc(-c2nnc(CCCNC(C)C)o2)s1. The van der Waals surface area contributed by atoms with Gasteiger partial charge in [-0.25, -0.2) is 0 Å². The lowest BCUT2D eigenvalue weighted by Gasteiger charge is -2.05. The third-order valence-corrected chi connectivity index (χ3v) is 3.53. The molecule has 2 aromatic heterocycles. The van der Waals surface area contributed by atoms with Crippen molar-refractivity contribution in [3.05, 3.63) is 22.9 Å². The Kier molecular flexibility index (Phi) is 4.49. The van der Waals surface area contributed by atoms with Crippen molar-refractivity contribution >= 4 is 11.3 Å². The summed E-state index contributed by atoms with van der Waals surface area (Å²) in [6.07, 6.45) is 1.85. The van der Waals surface area contributed by atoms with Gasteiger partial charge in [0.05, 0.1) is 4.88 Å². The van der Waals surface area contributed by atoms with E-state index in [4.69, 9.17) is 4.42 Å². The molecule has 98 valence electrons. The van der Waals surface area contributed by atoms with Gasteiger partial charge in [-0.2, -0.15) is 0 Å². The average Bonchev–Trinajstić information content (AvgIpc) is 2.93. The Labute approximate surface area is 111 Å². The van der Waals surface area contributed by atoms with E-state index in [1.165, 1.54) is 4.88 Å². The second kappa shape index (κ2) is 6.11. The number of aryl methyl sites for hydroxylation is 2. The van der Waals surface area contributed by atoms with E-state index in [0.717, 1.165) is 30.2 Å². The van der Waals surface area contributed by atoms with Crippen LogP contribution >= 0.6 is 11.3 Å². The van der Waals surface area contributed by atoms with Crippen molar-refractivity contribution in [2.24, 2.45) is 0 Å². The molecule has 0 fully saturated rings. The zero-order valence-corrected chi connectivity index (χ0v) is 11.9. The van der Waals surface area contributed by atoms with Crippen LogP contribution < -0.4 is 5.32 Å². The zero-order valence-electron chi connectivity index (χ0n) is 11.1. The summed E-state index contributed by atoms with van der Waals surface area (Å²) < 4.78 is 5.65. The summed E-state index contributed by atoms with van der Waals surface area (Å²) in [6.45, 7) is 7.34. The smallest absolute Gasteiger partial charge is 0.257 e. The van der Waals surface area contributed by atoms with Gasteiger partial charge < -0.3 is 9.73 Å². The molecule has 2 rings (SSSR count). The van der Waals surface area contributed by atoms with Crippen molar-refractivity contribution < 1.29 is 4.42 Å². The Morgan fingerprint density at radius 1 is 1.33 bits per heavy atom. The Bertz CT molecular complexity index is 490. The molecule has 4 nitrogen and oxygen atoms in total. The fraction of sp³-hybridized carbons (Fsp3) is 0.538. The summed E-state index contributed by atoms with van der Waals surface area (Å²) in [6, 6.07) is 4.62. The fourth-order valence-electron chi connectivity index (χ4n) is 1.63. The van der Waals surface area contributed by atoms with Crippen LogP contribution in [0, 0.1) is 6.92 Å². The van der Waals surface area contributed by atoms with E-state index in [-0.39, 0.29) is 0 Å². The van der Waals surface area contributed by atoms with Gasteiger partial charge in [0.25, 0.3) is 5.89 Å². The van der Waals surface area contributed by atoms with Gasteiger partial charge in [-0.05, 0) is 32.0 Å².